The molecule has 0 aliphatic heterocycles. The molecule has 5 aliphatic rings. The molecule has 5 aliphatic carbocycles. The van der Waals surface area contributed by atoms with Gasteiger partial charge in [0.2, 0.25) is 0 Å². The summed E-state index contributed by atoms with van der Waals surface area (Å²) in [6.45, 7) is 13.8. The fourth-order valence-electron chi connectivity index (χ4n) is 8.05. The van der Waals surface area contributed by atoms with Crippen LogP contribution in [-0.2, 0) is 9.59 Å². The molecule has 0 aromatic rings. The summed E-state index contributed by atoms with van der Waals surface area (Å²) in [6, 6.07) is 0. The molecule has 3 saturated carbocycles. The summed E-state index contributed by atoms with van der Waals surface area (Å²) in [7, 11) is 0. The third kappa shape index (κ3) is 2.35. The second-order valence-electron chi connectivity index (χ2n) is 12.2. The van der Waals surface area contributed by atoms with Crippen LogP contribution >= 0.6 is 0 Å². The Kier molecular flexibility index (Phi) is 3.78. The maximum Gasteiger partial charge on any atom is 0.178 e. The van der Waals surface area contributed by atoms with Crippen molar-refractivity contribution >= 4 is 11.6 Å². The molecule has 156 valence electrons. The van der Waals surface area contributed by atoms with E-state index in [9.17, 15) is 9.59 Å². The molecule has 2 nitrogen and oxygen atoms in total. The topological polar surface area (TPSA) is 34.1 Å². The van der Waals surface area contributed by atoms with Crippen LogP contribution in [-0.4, -0.2) is 11.6 Å². The summed E-state index contributed by atoms with van der Waals surface area (Å²) in [5.74, 6) is 2.47. The molecule has 0 radical (unpaired) electrons. The van der Waals surface area contributed by atoms with Gasteiger partial charge in [-0.15, -0.1) is 0 Å². The standard InChI is InChI=1S/C27H36O2/c1-16-13-21-19-8-7-17-14-18(28)9-11-25(17,4)20(19)10-12-26(21,5)22(16)23(29)27(6)15-24(27,2)3/h9-11,14,16,19,21-22H,7-8,12-13,15H2,1-6H3/t16?,19?,21?,22-,25+,26+,27?/m1/s1. The summed E-state index contributed by atoms with van der Waals surface area (Å²) in [6.07, 6.45) is 13.6. The number of rotatable bonds is 2. The second kappa shape index (κ2) is 5.62. The average molecular weight is 393 g/mol. The molecule has 0 heterocycles. The van der Waals surface area contributed by atoms with Crippen molar-refractivity contribution in [2.45, 2.75) is 73.6 Å². The average Bonchev–Trinajstić information content (AvgIpc) is 3.03. The van der Waals surface area contributed by atoms with Crippen LogP contribution < -0.4 is 0 Å². The predicted molar refractivity (Wildman–Crippen MR) is 116 cm³/mol. The lowest BCUT2D eigenvalue weighted by molar-refractivity contribution is -0.134. The number of allylic oxidation sites excluding steroid dienone is 6. The summed E-state index contributed by atoms with van der Waals surface area (Å²) < 4.78 is 0. The third-order valence-electron chi connectivity index (χ3n) is 10.3. The van der Waals surface area contributed by atoms with Crippen molar-refractivity contribution in [3.05, 3.63) is 35.5 Å². The van der Waals surface area contributed by atoms with Gasteiger partial charge in [-0.25, -0.2) is 0 Å². The van der Waals surface area contributed by atoms with Gasteiger partial charge in [0.15, 0.2) is 5.78 Å². The van der Waals surface area contributed by atoms with Crippen LogP contribution in [0.25, 0.3) is 0 Å². The Morgan fingerprint density at radius 2 is 1.83 bits per heavy atom. The second-order valence-corrected chi connectivity index (χ2v) is 12.2. The van der Waals surface area contributed by atoms with Crippen molar-refractivity contribution in [1.29, 1.82) is 0 Å². The van der Waals surface area contributed by atoms with E-state index in [1.165, 1.54) is 17.6 Å². The molecular weight excluding hydrogens is 356 g/mol. The van der Waals surface area contributed by atoms with Crippen molar-refractivity contribution in [2.75, 3.05) is 0 Å². The Balaban J connectivity index is 1.52. The summed E-state index contributed by atoms with van der Waals surface area (Å²) in [5, 5.41) is 0. The molecule has 0 spiro atoms. The zero-order valence-electron chi connectivity index (χ0n) is 19.0. The third-order valence-corrected chi connectivity index (χ3v) is 10.3. The van der Waals surface area contributed by atoms with Crippen LogP contribution in [0.2, 0.25) is 0 Å². The minimum Gasteiger partial charge on any atom is -0.299 e. The molecule has 29 heavy (non-hydrogen) atoms. The highest BCUT2D eigenvalue weighted by molar-refractivity contribution is 6.01. The largest absolute Gasteiger partial charge is 0.299 e. The maximum atomic E-state index is 13.8. The Morgan fingerprint density at radius 3 is 2.48 bits per heavy atom. The lowest BCUT2D eigenvalue weighted by atomic mass is 9.51. The van der Waals surface area contributed by atoms with Gasteiger partial charge >= 0.3 is 0 Å². The Morgan fingerprint density at radius 1 is 1.14 bits per heavy atom. The van der Waals surface area contributed by atoms with Gasteiger partial charge in [-0.3, -0.25) is 9.59 Å². The number of carbonyl (C=O) groups excluding carboxylic acids is 2. The van der Waals surface area contributed by atoms with Crippen molar-refractivity contribution in [2.24, 2.45) is 45.3 Å². The molecular formula is C27H36O2. The quantitative estimate of drug-likeness (QED) is 0.534. The van der Waals surface area contributed by atoms with E-state index in [0.717, 1.165) is 25.7 Å². The van der Waals surface area contributed by atoms with Gasteiger partial charge in [0, 0.05) is 16.7 Å². The van der Waals surface area contributed by atoms with E-state index in [0.29, 0.717) is 23.5 Å². The monoisotopic (exact) mass is 392 g/mol. The fraction of sp³-hybridized carbons (Fsp3) is 0.704. The number of ketones is 2. The van der Waals surface area contributed by atoms with Gasteiger partial charge in [0.25, 0.3) is 0 Å². The smallest absolute Gasteiger partial charge is 0.178 e. The molecule has 4 unspecified atom stereocenters. The number of carbonyl (C=O) groups is 2. The first-order valence-corrected chi connectivity index (χ1v) is 11.6. The van der Waals surface area contributed by atoms with Crippen LogP contribution in [0.4, 0.5) is 0 Å². The van der Waals surface area contributed by atoms with Gasteiger partial charge in [-0.2, -0.15) is 0 Å². The molecule has 0 amide bonds. The van der Waals surface area contributed by atoms with E-state index in [1.54, 1.807) is 6.08 Å². The van der Waals surface area contributed by atoms with Gasteiger partial charge in [0.05, 0.1) is 0 Å². The minimum atomic E-state index is -0.130. The fourth-order valence-corrected chi connectivity index (χ4v) is 8.05. The molecule has 3 fully saturated rings. The molecule has 0 aromatic heterocycles. The van der Waals surface area contributed by atoms with Crippen LogP contribution in [0.15, 0.2) is 35.5 Å². The SMILES string of the molecule is CC1CC2C3CCC4=CC(=O)C=C[C@]4(C)C3=CC[C@]2(C)[C@H]1C(=O)C1(C)CC1(C)C. The van der Waals surface area contributed by atoms with Gasteiger partial charge in [-0.05, 0) is 79.8 Å². The first-order chi connectivity index (χ1) is 13.4. The number of hydrogen-bond acceptors (Lipinski definition) is 2. The van der Waals surface area contributed by atoms with Crippen molar-refractivity contribution in [3.63, 3.8) is 0 Å². The van der Waals surface area contributed by atoms with Gasteiger partial charge in [0.1, 0.15) is 5.78 Å². The van der Waals surface area contributed by atoms with Crippen molar-refractivity contribution in [1.82, 2.24) is 0 Å². The maximum absolute atomic E-state index is 13.8. The number of Topliss-reactive ketones (excluding diaryl/α,β-unsaturated/α-hetero) is 1. The van der Waals surface area contributed by atoms with E-state index in [-0.39, 0.29) is 33.4 Å². The molecule has 0 aromatic carbocycles. The first kappa shape index (κ1) is 19.5. The molecule has 2 heteroatoms. The Bertz CT molecular complexity index is 901. The minimum absolute atomic E-state index is 0.0815. The van der Waals surface area contributed by atoms with E-state index in [1.807, 2.05) is 6.08 Å². The summed E-state index contributed by atoms with van der Waals surface area (Å²) in [5.41, 5.74) is 2.84. The normalized spacial score (nSPS) is 49.5. The van der Waals surface area contributed by atoms with Crippen LogP contribution in [0.5, 0.6) is 0 Å². The zero-order chi connectivity index (χ0) is 21.0. The van der Waals surface area contributed by atoms with Gasteiger partial charge in [-0.1, -0.05) is 57.9 Å². The number of hydrogen-bond donors (Lipinski definition) is 0. The number of fused-ring (bicyclic) bond motifs is 5. The lowest BCUT2D eigenvalue weighted by Gasteiger charge is -2.52. The molecule has 0 bridgehead atoms. The summed E-state index contributed by atoms with van der Waals surface area (Å²) >= 11 is 0. The van der Waals surface area contributed by atoms with Crippen molar-refractivity contribution in [3.8, 4) is 0 Å². The predicted octanol–water partition coefficient (Wildman–Crippen LogP) is 6.08. The lowest BCUT2D eigenvalue weighted by Crippen LogP contribution is -2.46. The summed E-state index contributed by atoms with van der Waals surface area (Å²) in [4.78, 5) is 25.8. The molecule has 5 rings (SSSR count). The van der Waals surface area contributed by atoms with E-state index >= 15 is 0 Å². The van der Waals surface area contributed by atoms with Crippen molar-refractivity contribution < 1.29 is 9.59 Å². The highest BCUT2D eigenvalue weighted by Gasteiger charge is 2.68. The molecule has 0 saturated heterocycles. The van der Waals surface area contributed by atoms with E-state index < -0.39 is 0 Å². The Hall–Kier alpha value is -1.44. The van der Waals surface area contributed by atoms with Crippen LogP contribution in [0.3, 0.4) is 0 Å². The van der Waals surface area contributed by atoms with Gasteiger partial charge < -0.3 is 0 Å². The van der Waals surface area contributed by atoms with Crippen LogP contribution in [0.1, 0.15) is 73.6 Å². The highest BCUT2D eigenvalue weighted by Crippen LogP contribution is 2.70. The zero-order valence-corrected chi connectivity index (χ0v) is 19.0. The van der Waals surface area contributed by atoms with E-state index in [2.05, 4.69) is 53.7 Å². The Labute approximate surface area is 175 Å². The first-order valence-electron chi connectivity index (χ1n) is 11.6. The van der Waals surface area contributed by atoms with Crippen LogP contribution in [0, 0.1) is 45.3 Å². The highest BCUT2D eigenvalue weighted by atomic mass is 16.1. The molecule has 7 atom stereocenters. The van der Waals surface area contributed by atoms with E-state index in [4.69, 9.17) is 0 Å². The molecule has 0 N–H and O–H groups in total.